The first-order chi connectivity index (χ1) is 9.32. The third-order valence-electron chi connectivity index (χ3n) is 3.05. The van der Waals surface area contributed by atoms with Crippen molar-refractivity contribution in [1.29, 1.82) is 0 Å². The topological polar surface area (TPSA) is 87.0 Å². The molecule has 2 rings (SSSR count). The van der Waals surface area contributed by atoms with Crippen LogP contribution in [0.25, 0.3) is 0 Å². The van der Waals surface area contributed by atoms with E-state index in [2.05, 4.69) is 21.0 Å². The maximum atomic E-state index is 13.9. The van der Waals surface area contributed by atoms with Gasteiger partial charge in [0.1, 0.15) is 11.5 Å². The average molecular weight is 343 g/mol. The number of nitrogen functional groups attached to an aromatic ring is 1. The van der Waals surface area contributed by atoms with Gasteiger partial charge in [-0.2, -0.15) is 5.10 Å². The molecule has 0 aliphatic rings. The summed E-state index contributed by atoms with van der Waals surface area (Å²) in [7, 11) is 0. The van der Waals surface area contributed by atoms with Crippen molar-refractivity contribution in [3.05, 3.63) is 49.9 Å². The molecule has 20 heavy (non-hydrogen) atoms. The zero-order valence-electron chi connectivity index (χ0n) is 10.8. The number of aryl methyl sites for hydroxylation is 1. The SMILES string of the molecule is Cc1nn(C(C)c2ccc(Br)cc2F)c(N)c1[N+](=O)[O-]. The Bertz CT molecular complexity index is 686. The second kappa shape index (κ2) is 5.20. The summed E-state index contributed by atoms with van der Waals surface area (Å²) in [6, 6.07) is 4.06. The Morgan fingerprint density at radius 3 is 2.70 bits per heavy atom. The number of nitro groups is 1. The second-order valence-electron chi connectivity index (χ2n) is 4.36. The summed E-state index contributed by atoms with van der Waals surface area (Å²) in [5.74, 6) is -0.510. The van der Waals surface area contributed by atoms with Gasteiger partial charge >= 0.3 is 5.69 Å². The molecule has 0 radical (unpaired) electrons. The molecule has 0 amide bonds. The van der Waals surface area contributed by atoms with Gasteiger partial charge in [-0.05, 0) is 26.0 Å². The van der Waals surface area contributed by atoms with Gasteiger partial charge < -0.3 is 5.73 Å². The molecule has 1 aromatic carbocycles. The van der Waals surface area contributed by atoms with Crippen molar-refractivity contribution < 1.29 is 9.31 Å². The van der Waals surface area contributed by atoms with E-state index in [1.54, 1.807) is 19.1 Å². The standard InChI is InChI=1S/C12H12BrFN4O2/c1-6-11(18(19)20)12(15)17(16-6)7(2)9-4-3-8(13)5-10(9)14/h3-5,7H,15H2,1-2H3. The van der Waals surface area contributed by atoms with Crippen LogP contribution in [0.1, 0.15) is 24.2 Å². The van der Waals surface area contributed by atoms with Crippen LogP contribution in [0.5, 0.6) is 0 Å². The van der Waals surface area contributed by atoms with Crippen LogP contribution in [0.4, 0.5) is 15.9 Å². The monoisotopic (exact) mass is 342 g/mol. The molecular weight excluding hydrogens is 331 g/mol. The van der Waals surface area contributed by atoms with Gasteiger partial charge in [0.2, 0.25) is 5.82 Å². The van der Waals surface area contributed by atoms with Crippen LogP contribution in [0.3, 0.4) is 0 Å². The Hall–Kier alpha value is -1.96. The Kier molecular flexibility index (Phi) is 3.76. The van der Waals surface area contributed by atoms with Crippen LogP contribution in [0.2, 0.25) is 0 Å². The van der Waals surface area contributed by atoms with Crippen molar-refractivity contribution in [2.24, 2.45) is 0 Å². The van der Waals surface area contributed by atoms with E-state index in [9.17, 15) is 14.5 Å². The van der Waals surface area contributed by atoms with E-state index in [4.69, 9.17) is 5.73 Å². The number of hydrogen-bond acceptors (Lipinski definition) is 4. The highest BCUT2D eigenvalue weighted by Crippen LogP contribution is 2.31. The van der Waals surface area contributed by atoms with Crippen molar-refractivity contribution in [2.45, 2.75) is 19.9 Å². The molecule has 0 saturated heterocycles. The molecule has 6 nitrogen and oxygen atoms in total. The van der Waals surface area contributed by atoms with Gasteiger partial charge in [0, 0.05) is 10.0 Å². The van der Waals surface area contributed by atoms with E-state index in [1.807, 2.05) is 0 Å². The normalized spacial score (nSPS) is 12.4. The van der Waals surface area contributed by atoms with Crippen molar-refractivity contribution in [3.8, 4) is 0 Å². The minimum atomic E-state index is -0.584. The minimum Gasteiger partial charge on any atom is -0.378 e. The molecule has 2 aromatic rings. The first kappa shape index (κ1) is 14.4. The molecule has 0 aliphatic carbocycles. The Labute approximate surface area is 122 Å². The fraction of sp³-hybridized carbons (Fsp3) is 0.250. The van der Waals surface area contributed by atoms with Crippen LogP contribution in [0.15, 0.2) is 22.7 Å². The molecule has 1 unspecified atom stereocenters. The zero-order valence-corrected chi connectivity index (χ0v) is 12.4. The van der Waals surface area contributed by atoms with Gasteiger partial charge in [0.15, 0.2) is 0 Å². The van der Waals surface area contributed by atoms with Crippen molar-refractivity contribution in [3.63, 3.8) is 0 Å². The Balaban J connectivity index is 2.51. The lowest BCUT2D eigenvalue weighted by Gasteiger charge is -2.14. The number of aromatic nitrogens is 2. The number of nitrogens with two attached hydrogens (primary N) is 1. The molecule has 0 saturated carbocycles. The fourth-order valence-electron chi connectivity index (χ4n) is 2.05. The number of rotatable bonds is 3. The summed E-state index contributed by atoms with van der Waals surface area (Å²) >= 11 is 3.17. The van der Waals surface area contributed by atoms with E-state index in [0.717, 1.165) is 0 Å². The van der Waals surface area contributed by atoms with E-state index in [-0.39, 0.29) is 17.2 Å². The summed E-state index contributed by atoms with van der Waals surface area (Å²) in [5.41, 5.74) is 6.07. The van der Waals surface area contributed by atoms with Crippen LogP contribution < -0.4 is 5.73 Å². The van der Waals surface area contributed by atoms with E-state index < -0.39 is 16.8 Å². The summed E-state index contributed by atoms with van der Waals surface area (Å²) in [4.78, 5) is 10.3. The number of anilines is 1. The first-order valence-corrected chi connectivity index (χ1v) is 6.56. The van der Waals surface area contributed by atoms with Crippen LogP contribution in [-0.4, -0.2) is 14.7 Å². The number of nitrogens with zero attached hydrogens (tertiary/aromatic N) is 3. The molecule has 0 bridgehead atoms. The van der Waals surface area contributed by atoms with Gasteiger partial charge in [-0.3, -0.25) is 10.1 Å². The summed E-state index contributed by atoms with van der Waals surface area (Å²) in [6.07, 6.45) is 0. The maximum Gasteiger partial charge on any atom is 0.333 e. The Morgan fingerprint density at radius 2 is 2.20 bits per heavy atom. The van der Waals surface area contributed by atoms with Crippen molar-refractivity contribution >= 4 is 27.4 Å². The van der Waals surface area contributed by atoms with Crippen LogP contribution in [0, 0.1) is 22.9 Å². The smallest absolute Gasteiger partial charge is 0.333 e. The lowest BCUT2D eigenvalue weighted by Crippen LogP contribution is -2.13. The van der Waals surface area contributed by atoms with Crippen LogP contribution >= 0.6 is 15.9 Å². The minimum absolute atomic E-state index is 0.0812. The number of benzene rings is 1. The van der Waals surface area contributed by atoms with Gasteiger partial charge in [-0.25, -0.2) is 9.07 Å². The summed E-state index contributed by atoms with van der Waals surface area (Å²) < 4.78 is 15.8. The Morgan fingerprint density at radius 1 is 1.55 bits per heavy atom. The predicted molar refractivity (Wildman–Crippen MR) is 75.9 cm³/mol. The van der Waals surface area contributed by atoms with E-state index >= 15 is 0 Å². The lowest BCUT2D eigenvalue weighted by atomic mass is 10.1. The van der Waals surface area contributed by atoms with E-state index in [1.165, 1.54) is 17.7 Å². The molecule has 1 atom stereocenters. The zero-order chi connectivity index (χ0) is 15.0. The van der Waals surface area contributed by atoms with Gasteiger partial charge in [-0.1, -0.05) is 22.0 Å². The average Bonchev–Trinajstić information content (AvgIpc) is 2.64. The third-order valence-corrected chi connectivity index (χ3v) is 3.55. The fourth-order valence-corrected chi connectivity index (χ4v) is 2.38. The molecule has 0 aliphatic heterocycles. The van der Waals surface area contributed by atoms with Gasteiger partial charge in [0.25, 0.3) is 0 Å². The van der Waals surface area contributed by atoms with Gasteiger partial charge in [-0.15, -0.1) is 0 Å². The molecule has 8 heteroatoms. The molecular formula is C12H12BrFN4O2. The quantitative estimate of drug-likeness (QED) is 0.685. The highest BCUT2D eigenvalue weighted by molar-refractivity contribution is 9.10. The van der Waals surface area contributed by atoms with E-state index in [0.29, 0.717) is 10.0 Å². The molecule has 1 heterocycles. The summed E-state index contributed by atoms with van der Waals surface area (Å²) in [6.45, 7) is 3.18. The molecule has 1 aromatic heterocycles. The summed E-state index contributed by atoms with van der Waals surface area (Å²) in [5, 5.41) is 15.0. The first-order valence-electron chi connectivity index (χ1n) is 5.76. The predicted octanol–water partition coefficient (Wildman–Crippen LogP) is 3.19. The lowest BCUT2D eigenvalue weighted by molar-refractivity contribution is -0.384. The molecule has 0 spiro atoms. The number of halogens is 2. The molecule has 106 valence electrons. The van der Waals surface area contributed by atoms with Crippen molar-refractivity contribution in [1.82, 2.24) is 9.78 Å². The van der Waals surface area contributed by atoms with Gasteiger partial charge in [0.05, 0.1) is 11.0 Å². The molecule has 0 fully saturated rings. The maximum absolute atomic E-state index is 13.9. The number of hydrogen-bond donors (Lipinski definition) is 1. The highest BCUT2D eigenvalue weighted by Gasteiger charge is 2.26. The highest BCUT2D eigenvalue weighted by atomic mass is 79.9. The van der Waals surface area contributed by atoms with Crippen LogP contribution in [-0.2, 0) is 0 Å². The second-order valence-corrected chi connectivity index (χ2v) is 5.28. The molecule has 2 N–H and O–H groups in total. The largest absolute Gasteiger partial charge is 0.378 e. The third kappa shape index (κ3) is 2.38. The van der Waals surface area contributed by atoms with Crippen molar-refractivity contribution in [2.75, 3.05) is 5.73 Å².